The number of amides is 2. The first-order valence-electron chi connectivity index (χ1n) is 9.36. The zero-order chi connectivity index (χ0) is 19.2. The first kappa shape index (κ1) is 18.9. The third-order valence-electron chi connectivity index (χ3n) is 4.62. The van der Waals surface area contributed by atoms with Gasteiger partial charge in [-0.05, 0) is 36.6 Å². The summed E-state index contributed by atoms with van der Waals surface area (Å²) in [6.07, 6.45) is 4.21. The molecule has 3 heterocycles. The number of anilines is 1. The van der Waals surface area contributed by atoms with Crippen molar-refractivity contribution < 1.29 is 14.0 Å². The molecule has 2 aromatic heterocycles. The van der Waals surface area contributed by atoms with Crippen LogP contribution in [-0.4, -0.2) is 59.3 Å². The highest BCUT2D eigenvalue weighted by Crippen LogP contribution is 2.14. The lowest BCUT2D eigenvalue weighted by Crippen LogP contribution is -2.50. The molecule has 7 nitrogen and oxygen atoms in total. The van der Waals surface area contributed by atoms with Crippen LogP contribution in [0, 0.1) is 5.92 Å². The molecule has 1 fully saturated rings. The summed E-state index contributed by atoms with van der Waals surface area (Å²) in [7, 11) is 0. The number of nitrogens with zero attached hydrogens (tertiary/aromatic N) is 3. The molecule has 0 bridgehead atoms. The number of piperazine rings is 1. The van der Waals surface area contributed by atoms with Crippen molar-refractivity contribution >= 4 is 17.5 Å². The van der Waals surface area contributed by atoms with Crippen LogP contribution in [0.15, 0.2) is 41.1 Å². The van der Waals surface area contributed by atoms with E-state index < -0.39 is 0 Å². The fourth-order valence-corrected chi connectivity index (χ4v) is 2.99. The summed E-state index contributed by atoms with van der Waals surface area (Å²) in [5.41, 5.74) is 1.33. The van der Waals surface area contributed by atoms with Crippen LogP contribution in [0.2, 0.25) is 0 Å². The minimum absolute atomic E-state index is 0.104. The second-order valence-corrected chi connectivity index (χ2v) is 7.10. The smallest absolute Gasteiger partial charge is 0.289 e. The Balaban J connectivity index is 1.55. The number of nitrogens with one attached hydrogen (secondary N) is 1. The number of furan rings is 1. The largest absolute Gasteiger partial charge is 0.459 e. The molecule has 0 aliphatic carbocycles. The molecule has 7 heteroatoms. The number of carbonyl (C=O) groups excluding carboxylic acids is 2. The van der Waals surface area contributed by atoms with Crippen molar-refractivity contribution in [2.45, 2.75) is 20.3 Å². The van der Waals surface area contributed by atoms with E-state index in [1.165, 1.54) is 6.26 Å². The number of hydrogen-bond acceptors (Lipinski definition) is 5. The molecular weight excluding hydrogens is 344 g/mol. The van der Waals surface area contributed by atoms with Crippen molar-refractivity contribution in [1.29, 1.82) is 0 Å². The summed E-state index contributed by atoms with van der Waals surface area (Å²) in [5, 5.41) is 3.34. The van der Waals surface area contributed by atoms with Crippen LogP contribution < -0.4 is 5.32 Å². The topological polar surface area (TPSA) is 78.7 Å². The lowest BCUT2D eigenvalue weighted by molar-refractivity contribution is 0.0515. The maximum atomic E-state index is 12.8. The van der Waals surface area contributed by atoms with E-state index in [0.29, 0.717) is 43.6 Å². The zero-order valence-electron chi connectivity index (χ0n) is 15.9. The van der Waals surface area contributed by atoms with E-state index in [0.717, 1.165) is 18.7 Å². The first-order valence-corrected chi connectivity index (χ1v) is 9.36. The molecule has 2 amide bonds. The number of rotatable bonds is 6. The lowest BCUT2D eigenvalue weighted by Gasteiger charge is -2.34. The van der Waals surface area contributed by atoms with E-state index >= 15 is 0 Å². The van der Waals surface area contributed by atoms with Gasteiger partial charge in [-0.2, -0.15) is 0 Å². The Hall–Kier alpha value is -2.83. The number of pyridine rings is 1. The first-order chi connectivity index (χ1) is 13.0. The van der Waals surface area contributed by atoms with Crippen molar-refractivity contribution in [3.05, 3.63) is 48.2 Å². The molecule has 2 aromatic rings. The van der Waals surface area contributed by atoms with Gasteiger partial charge in [0.25, 0.3) is 11.8 Å². The summed E-state index contributed by atoms with van der Waals surface area (Å²) in [4.78, 5) is 32.7. The van der Waals surface area contributed by atoms with E-state index in [1.54, 1.807) is 34.2 Å². The summed E-state index contributed by atoms with van der Waals surface area (Å²) < 4.78 is 5.16. The molecule has 144 valence electrons. The van der Waals surface area contributed by atoms with Gasteiger partial charge < -0.3 is 19.5 Å². The Kier molecular flexibility index (Phi) is 6.11. The molecule has 1 N–H and O–H groups in total. The summed E-state index contributed by atoms with van der Waals surface area (Å²) in [6, 6.07) is 7.02. The van der Waals surface area contributed by atoms with Gasteiger partial charge in [0, 0.05) is 44.6 Å². The summed E-state index contributed by atoms with van der Waals surface area (Å²) in [6.45, 7) is 7.16. The Labute approximate surface area is 159 Å². The van der Waals surface area contributed by atoms with Crippen LogP contribution in [0.4, 0.5) is 5.69 Å². The number of hydrogen-bond donors (Lipinski definition) is 1. The molecule has 0 saturated carbocycles. The van der Waals surface area contributed by atoms with E-state index in [2.05, 4.69) is 24.1 Å². The molecule has 1 aliphatic heterocycles. The average Bonchev–Trinajstić information content (AvgIpc) is 3.22. The Morgan fingerprint density at radius 1 is 1.15 bits per heavy atom. The zero-order valence-corrected chi connectivity index (χ0v) is 15.9. The summed E-state index contributed by atoms with van der Waals surface area (Å²) in [5.74, 6) is 0.714. The van der Waals surface area contributed by atoms with Crippen LogP contribution in [0.1, 0.15) is 41.3 Å². The van der Waals surface area contributed by atoms with Crippen LogP contribution in [0.5, 0.6) is 0 Å². The van der Waals surface area contributed by atoms with Gasteiger partial charge in [-0.25, -0.2) is 0 Å². The minimum Gasteiger partial charge on any atom is -0.459 e. The molecule has 1 aliphatic rings. The molecule has 1 saturated heterocycles. The quantitative estimate of drug-likeness (QED) is 0.846. The van der Waals surface area contributed by atoms with Crippen LogP contribution >= 0.6 is 0 Å². The Morgan fingerprint density at radius 3 is 2.48 bits per heavy atom. The lowest BCUT2D eigenvalue weighted by atomic mass is 10.1. The van der Waals surface area contributed by atoms with Gasteiger partial charge in [-0.15, -0.1) is 0 Å². The molecule has 27 heavy (non-hydrogen) atoms. The van der Waals surface area contributed by atoms with Gasteiger partial charge in [0.1, 0.15) is 5.69 Å². The predicted molar refractivity (Wildman–Crippen MR) is 103 cm³/mol. The fraction of sp³-hybridized carbons (Fsp3) is 0.450. The predicted octanol–water partition coefficient (Wildman–Crippen LogP) is 2.73. The second-order valence-electron chi connectivity index (χ2n) is 7.10. The van der Waals surface area contributed by atoms with Crippen molar-refractivity contribution in [3.8, 4) is 0 Å². The molecule has 0 radical (unpaired) electrons. The fourth-order valence-electron chi connectivity index (χ4n) is 2.99. The van der Waals surface area contributed by atoms with Crippen molar-refractivity contribution in [2.24, 2.45) is 5.92 Å². The summed E-state index contributed by atoms with van der Waals surface area (Å²) >= 11 is 0. The van der Waals surface area contributed by atoms with Crippen LogP contribution in [-0.2, 0) is 0 Å². The standard InChI is InChI=1S/C20H26N4O3/c1-15(2)5-7-21-16-6-8-22-17(14-16)19(25)23-9-11-24(12-10-23)20(26)18-4-3-13-27-18/h3-4,6,8,13-15H,5,7,9-12H2,1-2H3,(H,21,22). The SMILES string of the molecule is CC(C)CCNc1ccnc(C(=O)N2CCN(C(=O)c3ccco3)CC2)c1. The molecule has 0 aromatic carbocycles. The van der Waals surface area contributed by atoms with Crippen molar-refractivity contribution in [2.75, 3.05) is 38.0 Å². The van der Waals surface area contributed by atoms with E-state index in [1.807, 2.05) is 6.07 Å². The monoisotopic (exact) mass is 370 g/mol. The highest BCUT2D eigenvalue weighted by Gasteiger charge is 2.27. The molecule has 0 spiro atoms. The molecule has 0 atom stereocenters. The average molecular weight is 370 g/mol. The highest BCUT2D eigenvalue weighted by molar-refractivity contribution is 5.94. The van der Waals surface area contributed by atoms with Gasteiger partial charge in [0.15, 0.2) is 5.76 Å². The van der Waals surface area contributed by atoms with E-state index in [9.17, 15) is 9.59 Å². The van der Waals surface area contributed by atoms with E-state index in [4.69, 9.17) is 4.42 Å². The van der Waals surface area contributed by atoms with Crippen molar-refractivity contribution in [1.82, 2.24) is 14.8 Å². The maximum Gasteiger partial charge on any atom is 0.289 e. The van der Waals surface area contributed by atoms with Gasteiger partial charge in [0.05, 0.1) is 6.26 Å². The third kappa shape index (κ3) is 4.87. The molecule has 0 unspecified atom stereocenters. The Bertz CT molecular complexity index is 765. The van der Waals surface area contributed by atoms with E-state index in [-0.39, 0.29) is 11.8 Å². The minimum atomic E-state index is -0.137. The molecule has 3 rings (SSSR count). The van der Waals surface area contributed by atoms with Gasteiger partial charge in [0.2, 0.25) is 0 Å². The van der Waals surface area contributed by atoms with Gasteiger partial charge in [-0.3, -0.25) is 14.6 Å². The van der Waals surface area contributed by atoms with Crippen LogP contribution in [0.25, 0.3) is 0 Å². The van der Waals surface area contributed by atoms with Crippen LogP contribution in [0.3, 0.4) is 0 Å². The number of aromatic nitrogens is 1. The van der Waals surface area contributed by atoms with Crippen molar-refractivity contribution in [3.63, 3.8) is 0 Å². The highest BCUT2D eigenvalue weighted by atomic mass is 16.3. The maximum absolute atomic E-state index is 12.8. The van der Waals surface area contributed by atoms with Gasteiger partial charge >= 0.3 is 0 Å². The third-order valence-corrected chi connectivity index (χ3v) is 4.62. The second kappa shape index (κ2) is 8.70. The molecular formula is C20H26N4O3. The number of carbonyl (C=O) groups is 2. The van der Waals surface area contributed by atoms with Gasteiger partial charge in [-0.1, -0.05) is 13.8 Å². The Morgan fingerprint density at radius 2 is 1.85 bits per heavy atom. The normalized spacial score (nSPS) is 14.5.